The van der Waals surface area contributed by atoms with E-state index < -0.39 is 5.97 Å². The van der Waals surface area contributed by atoms with E-state index in [1.807, 2.05) is 0 Å². The summed E-state index contributed by atoms with van der Waals surface area (Å²) in [7, 11) is 1.32. The zero-order valence-corrected chi connectivity index (χ0v) is 10.7. The fourth-order valence-electron chi connectivity index (χ4n) is 2.45. The molecular formula is C13H19NO4. The van der Waals surface area contributed by atoms with Crippen LogP contribution in [-0.2, 0) is 9.47 Å². The van der Waals surface area contributed by atoms with Crippen LogP contribution in [0.3, 0.4) is 0 Å². The third kappa shape index (κ3) is 2.42. The molecule has 0 saturated carbocycles. The van der Waals surface area contributed by atoms with Crippen molar-refractivity contribution in [3.05, 3.63) is 23.7 Å². The van der Waals surface area contributed by atoms with Gasteiger partial charge in [-0.1, -0.05) is 6.92 Å². The van der Waals surface area contributed by atoms with Crippen molar-refractivity contribution >= 4 is 5.97 Å². The third-order valence-electron chi connectivity index (χ3n) is 3.47. The van der Waals surface area contributed by atoms with Gasteiger partial charge >= 0.3 is 5.97 Å². The summed E-state index contributed by atoms with van der Waals surface area (Å²) < 4.78 is 15.7. The normalized spacial score (nSPS) is 25.1. The highest BCUT2D eigenvalue weighted by molar-refractivity contribution is 5.86. The minimum absolute atomic E-state index is 0.173. The van der Waals surface area contributed by atoms with Crippen LogP contribution in [0.2, 0.25) is 0 Å². The molecule has 1 aliphatic heterocycles. The molecule has 1 aromatic rings. The lowest BCUT2D eigenvalue weighted by atomic mass is 9.90. The number of carbonyl (C=O) groups is 1. The average molecular weight is 253 g/mol. The molecule has 3 atom stereocenters. The molecule has 0 radical (unpaired) electrons. The van der Waals surface area contributed by atoms with Gasteiger partial charge in [0.25, 0.3) is 0 Å². The molecule has 2 heterocycles. The summed E-state index contributed by atoms with van der Waals surface area (Å²) in [6.45, 7) is 2.82. The van der Waals surface area contributed by atoms with Gasteiger partial charge in [-0.25, -0.2) is 4.79 Å². The summed E-state index contributed by atoms with van der Waals surface area (Å²) >= 11 is 0. The standard InChI is InChI=1S/C13H19NO4/c1-3-9-8(6-7-17-9)12(14)10-4-5-11(18-10)13(15)16-2/h4-5,8-9,12H,3,6-7,14H2,1-2H3. The fourth-order valence-corrected chi connectivity index (χ4v) is 2.45. The number of hydrogen-bond donors (Lipinski definition) is 1. The highest BCUT2D eigenvalue weighted by atomic mass is 16.5. The summed E-state index contributed by atoms with van der Waals surface area (Å²) in [5, 5.41) is 0. The second kappa shape index (κ2) is 5.54. The van der Waals surface area contributed by atoms with E-state index in [0.717, 1.165) is 19.4 Å². The third-order valence-corrected chi connectivity index (χ3v) is 3.47. The van der Waals surface area contributed by atoms with Crippen LogP contribution in [0.5, 0.6) is 0 Å². The van der Waals surface area contributed by atoms with Gasteiger partial charge in [-0.15, -0.1) is 0 Å². The van der Waals surface area contributed by atoms with Gasteiger partial charge in [-0.2, -0.15) is 0 Å². The van der Waals surface area contributed by atoms with Gasteiger partial charge in [-0.05, 0) is 25.0 Å². The van der Waals surface area contributed by atoms with Crippen molar-refractivity contribution in [2.24, 2.45) is 11.7 Å². The molecule has 3 unspecified atom stereocenters. The summed E-state index contributed by atoms with van der Waals surface area (Å²) in [6, 6.07) is 3.09. The SMILES string of the molecule is CCC1OCCC1C(N)c1ccc(C(=O)OC)o1. The van der Waals surface area contributed by atoms with E-state index in [2.05, 4.69) is 11.7 Å². The van der Waals surface area contributed by atoms with Crippen molar-refractivity contribution in [2.75, 3.05) is 13.7 Å². The van der Waals surface area contributed by atoms with Crippen LogP contribution in [-0.4, -0.2) is 25.8 Å². The number of furan rings is 1. The predicted molar refractivity (Wildman–Crippen MR) is 65.1 cm³/mol. The fraction of sp³-hybridized carbons (Fsp3) is 0.615. The first-order chi connectivity index (χ1) is 8.67. The van der Waals surface area contributed by atoms with Crippen LogP contribution in [0, 0.1) is 5.92 Å². The van der Waals surface area contributed by atoms with E-state index >= 15 is 0 Å². The van der Waals surface area contributed by atoms with Crippen molar-refractivity contribution in [3.63, 3.8) is 0 Å². The lowest BCUT2D eigenvalue weighted by Crippen LogP contribution is -2.27. The van der Waals surface area contributed by atoms with Gasteiger partial charge in [0.15, 0.2) is 0 Å². The Hall–Kier alpha value is -1.33. The second-order valence-electron chi connectivity index (χ2n) is 4.49. The molecule has 1 aromatic heterocycles. The minimum Gasteiger partial charge on any atom is -0.463 e. The van der Waals surface area contributed by atoms with E-state index in [-0.39, 0.29) is 23.8 Å². The van der Waals surface area contributed by atoms with E-state index in [0.29, 0.717) is 5.76 Å². The molecule has 1 saturated heterocycles. The van der Waals surface area contributed by atoms with Gasteiger partial charge in [-0.3, -0.25) is 0 Å². The Balaban J connectivity index is 2.11. The van der Waals surface area contributed by atoms with Crippen LogP contribution >= 0.6 is 0 Å². The molecule has 0 aromatic carbocycles. The van der Waals surface area contributed by atoms with Crippen molar-refractivity contribution < 1.29 is 18.7 Å². The van der Waals surface area contributed by atoms with Gasteiger partial charge in [0.05, 0.1) is 19.3 Å². The number of ether oxygens (including phenoxy) is 2. The molecule has 100 valence electrons. The minimum atomic E-state index is -0.483. The maximum absolute atomic E-state index is 11.3. The molecule has 5 heteroatoms. The Bertz CT molecular complexity index is 415. The van der Waals surface area contributed by atoms with Crippen molar-refractivity contribution in [2.45, 2.75) is 31.9 Å². The van der Waals surface area contributed by atoms with Gasteiger partial charge in [0.2, 0.25) is 5.76 Å². The quantitative estimate of drug-likeness (QED) is 0.829. The molecule has 18 heavy (non-hydrogen) atoms. The molecule has 0 spiro atoms. The number of rotatable bonds is 4. The predicted octanol–water partition coefficient (Wildman–Crippen LogP) is 1.88. The summed E-state index contributed by atoms with van der Waals surface area (Å²) in [4.78, 5) is 11.3. The summed E-state index contributed by atoms with van der Waals surface area (Å²) in [5.41, 5.74) is 6.20. The topological polar surface area (TPSA) is 74.7 Å². The Morgan fingerprint density at radius 2 is 2.39 bits per heavy atom. The Morgan fingerprint density at radius 1 is 1.61 bits per heavy atom. The lowest BCUT2D eigenvalue weighted by molar-refractivity contribution is 0.0558. The van der Waals surface area contributed by atoms with Gasteiger partial charge < -0.3 is 19.6 Å². The highest BCUT2D eigenvalue weighted by Crippen LogP contribution is 2.33. The molecule has 1 fully saturated rings. The second-order valence-corrected chi connectivity index (χ2v) is 4.49. The van der Waals surface area contributed by atoms with Crippen molar-refractivity contribution in [1.29, 1.82) is 0 Å². The lowest BCUT2D eigenvalue weighted by Gasteiger charge is -2.21. The first-order valence-electron chi connectivity index (χ1n) is 6.22. The molecule has 5 nitrogen and oxygen atoms in total. The molecule has 0 bridgehead atoms. The number of hydrogen-bond acceptors (Lipinski definition) is 5. The van der Waals surface area contributed by atoms with E-state index in [9.17, 15) is 4.79 Å². The summed E-state index contributed by atoms with van der Waals surface area (Å²) in [6.07, 6.45) is 2.03. The van der Waals surface area contributed by atoms with Crippen LogP contribution in [0.25, 0.3) is 0 Å². The van der Waals surface area contributed by atoms with E-state index in [1.54, 1.807) is 12.1 Å². The number of methoxy groups -OCH3 is 1. The molecule has 0 aliphatic carbocycles. The molecule has 0 amide bonds. The number of nitrogens with two attached hydrogens (primary N) is 1. The van der Waals surface area contributed by atoms with E-state index in [1.165, 1.54) is 7.11 Å². The van der Waals surface area contributed by atoms with E-state index in [4.69, 9.17) is 14.9 Å². The molecular weight excluding hydrogens is 234 g/mol. The van der Waals surface area contributed by atoms with Crippen LogP contribution in [0.4, 0.5) is 0 Å². The largest absolute Gasteiger partial charge is 0.463 e. The van der Waals surface area contributed by atoms with Crippen molar-refractivity contribution in [3.8, 4) is 0 Å². The zero-order valence-electron chi connectivity index (χ0n) is 10.7. The Labute approximate surface area is 106 Å². The van der Waals surface area contributed by atoms with Gasteiger partial charge in [0, 0.05) is 12.5 Å². The summed E-state index contributed by atoms with van der Waals surface area (Å²) in [5.74, 6) is 0.564. The van der Waals surface area contributed by atoms with Crippen LogP contribution in [0.15, 0.2) is 16.5 Å². The molecule has 2 N–H and O–H groups in total. The smallest absolute Gasteiger partial charge is 0.373 e. The van der Waals surface area contributed by atoms with Crippen molar-refractivity contribution in [1.82, 2.24) is 0 Å². The first-order valence-corrected chi connectivity index (χ1v) is 6.22. The Kier molecular flexibility index (Phi) is 4.04. The monoisotopic (exact) mass is 253 g/mol. The van der Waals surface area contributed by atoms with Crippen LogP contribution in [0.1, 0.15) is 42.1 Å². The first kappa shape index (κ1) is 13.1. The van der Waals surface area contributed by atoms with Crippen LogP contribution < -0.4 is 5.73 Å². The Morgan fingerprint density at radius 3 is 3.06 bits per heavy atom. The molecule has 1 aliphatic rings. The molecule has 2 rings (SSSR count). The zero-order chi connectivity index (χ0) is 13.1. The maximum atomic E-state index is 11.3. The average Bonchev–Trinajstić information content (AvgIpc) is 3.05. The van der Waals surface area contributed by atoms with Gasteiger partial charge in [0.1, 0.15) is 5.76 Å². The number of carbonyl (C=O) groups excluding carboxylic acids is 1. The number of esters is 1. The maximum Gasteiger partial charge on any atom is 0.373 e. The highest BCUT2D eigenvalue weighted by Gasteiger charge is 2.34.